The van der Waals surface area contributed by atoms with Crippen LogP contribution < -0.4 is 5.73 Å². The summed E-state index contributed by atoms with van der Waals surface area (Å²) in [6.45, 7) is -0.109. The Morgan fingerprint density at radius 1 is 0.739 bits per heavy atom. The normalized spacial score (nSPS) is 13.9. The predicted octanol–water partition coefficient (Wildman–Crippen LogP) is 4.81. The highest BCUT2D eigenvalue weighted by Crippen LogP contribution is 2.38. The van der Waals surface area contributed by atoms with Crippen LogP contribution in [0.2, 0.25) is 0 Å². The maximum Gasteiger partial charge on any atom is 0.416 e. The Kier molecular flexibility index (Phi) is 4.70. The third-order valence-corrected chi connectivity index (χ3v) is 3.45. The molecule has 1 atom stereocenters. The molecule has 7 heteroatoms. The van der Waals surface area contributed by atoms with Gasteiger partial charge in [0.05, 0.1) is 11.1 Å². The molecule has 0 heterocycles. The van der Waals surface area contributed by atoms with Crippen LogP contribution in [-0.4, -0.2) is 6.54 Å². The smallest absolute Gasteiger partial charge is 0.330 e. The molecule has 0 unspecified atom stereocenters. The van der Waals surface area contributed by atoms with Crippen LogP contribution in [0.5, 0.6) is 0 Å². The summed E-state index contributed by atoms with van der Waals surface area (Å²) in [4.78, 5) is 0. The molecule has 0 aliphatic rings. The van der Waals surface area contributed by atoms with Gasteiger partial charge in [-0.05, 0) is 29.3 Å². The largest absolute Gasteiger partial charge is 0.416 e. The zero-order valence-corrected chi connectivity index (χ0v) is 11.7. The van der Waals surface area contributed by atoms with Gasteiger partial charge in [-0.15, -0.1) is 0 Å². The zero-order chi connectivity index (χ0) is 17.3. The SMILES string of the molecule is NC[C@H](c1ccccc1)c1cc(C(F)(F)F)cc(C(F)(F)F)c1. The minimum Gasteiger partial charge on any atom is -0.330 e. The molecule has 1 nitrogen and oxygen atoms in total. The maximum absolute atomic E-state index is 12.9. The van der Waals surface area contributed by atoms with Crippen molar-refractivity contribution in [3.63, 3.8) is 0 Å². The van der Waals surface area contributed by atoms with Crippen molar-refractivity contribution < 1.29 is 26.3 Å². The molecule has 0 amide bonds. The molecule has 124 valence electrons. The van der Waals surface area contributed by atoms with Crippen molar-refractivity contribution in [2.24, 2.45) is 5.73 Å². The molecule has 0 radical (unpaired) electrons. The lowest BCUT2D eigenvalue weighted by atomic mass is 9.89. The van der Waals surface area contributed by atoms with Crippen LogP contribution in [0.25, 0.3) is 0 Å². The van der Waals surface area contributed by atoms with Gasteiger partial charge < -0.3 is 5.73 Å². The van der Waals surface area contributed by atoms with Crippen molar-refractivity contribution in [3.8, 4) is 0 Å². The maximum atomic E-state index is 12.9. The van der Waals surface area contributed by atoms with Crippen LogP contribution in [0.4, 0.5) is 26.3 Å². The summed E-state index contributed by atoms with van der Waals surface area (Å²) in [5.74, 6) is -0.750. The van der Waals surface area contributed by atoms with Gasteiger partial charge in [0.1, 0.15) is 0 Å². The van der Waals surface area contributed by atoms with E-state index in [0.717, 1.165) is 12.1 Å². The highest BCUT2D eigenvalue weighted by molar-refractivity contribution is 5.40. The van der Waals surface area contributed by atoms with Gasteiger partial charge >= 0.3 is 12.4 Å². The number of rotatable bonds is 3. The van der Waals surface area contributed by atoms with E-state index in [-0.39, 0.29) is 18.2 Å². The molecule has 0 aliphatic heterocycles. The van der Waals surface area contributed by atoms with Crippen molar-refractivity contribution in [1.82, 2.24) is 0 Å². The van der Waals surface area contributed by atoms with Gasteiger partial charge in [0.15, 0.2) is 0 Å². The number of hydrogen-bond acceptors (Lipinski definition) is 1. The monoisotopic (exact) mass is 333 g/mol. The second kappa shape index (κ2) is 6.23. The number of benzene rings is 2. The minimum absolute atomic E-state index is 0.109. The second-order valence-corrected chi connectivity index (χ2v) is 5.04. The van der Waals surface area contributed by atoms with Crippen molar-refractivity contribution >= 4 is 0 Å². The summed E-state index contributed by atoms with van der Waals surface area (Å²) in [6, 6.07) is 9.79. The van der Waals surface area contributed by atoms with Crippen LogP contribution in [0.3, 0.4) is 0 Å². The van der Waals surface area contributed by atoms with E-state index in [4.69, 9.17) is 5.73 Å². The first-order valence-corrected chi connectivity index (χ1v) is 6.67. The summed E-state index contributed by atoms with van der Waals surface area (Å²) in [7, 11) is 0. The quantitative estimate of drug-likeness (QED) is 0.801. The van der Waals surface area contributed by atoms with E-state index in [1.165, 1.54) is 0 Å². The van der Waals surface area contributed by atoms with Gasteiger partial charge in [-0.2, -0.15) is 26.3 Å². The Hall–Kier alpha value is -2.02. The van der Waals surface area contributed by atoms with E-state index < -0.39 is 29.4 Å². The van der Waals surface area contributed by atoms with E-state index in [2.05, 4.69) is 0 Å². The Balaban J connectivity index is 2.61. The van der Waals surface area contributed by atoms with E-state index in [1.54, 1.807) is 30.3 Å². The van der Waals surface area contributed by atoms with Gasteiger partial charge in [-0.25, -0.2) is 0 Å². The van der Waals surface area contributed by atoms with Gasteiger partial charge in [0.2, 0.25) is 0 Å². The van der Waals surface area contributed by atoms with Crippen molar-refractivity contribution in [2.45, 2.75) is 18.3 Å². The molecule has 0 aliphatic carbocycles. The van der Waals surface area contributed by atoms with Gasteiger partial charge in [-0.3, -0.25) is 0 Å². The first-order valence-electron chi connectivity index (χ1n) is 6.67. The topological polar surface area (TPSA) is 26.0 Å². The van der Waals surface area contributed by atoms with E-state index in [9.17, 15) is 26.3 Å². The minimum atomic E-state index is -4.87. The number of hydrogen-bond donors (Lipinski definition) is 1. The van der Waals surface area contributed by atoms with Gasteiger partial charge in [-0.1, -0.05) is 30.3 Å². The molecule has 2 rings (SSSR count). The molecule has 2 aromatic rings. The highest BCUT2D eigenvalue weighted by Gasteiger charge is 2.37. The molecule has 0 saturated heterocycles. The zero-order valence-electron chi connectivity index (χ0n) is 11.7. The molecular weight excluding hydrogens is 320 g/mol. The molecule has 23 heavy (non-hydrogen) atoms. The lowest BCUT2D eigenvalue weighted by Gasteiger charge is -2.20. The van der Waals surface area contributed by atoms with Crippen LogP contribution in [0.1, 0.15) is 28.2 Å². The summed E-state index contributed by atoms with van der Waals surface area (Å²) in [5.41, 5.74) is 3.37. The van der Waals surface area contributed by atoms with Crippen LogP contribution in [0.15, 0.2) is 48.5 Å². The summed E-state index contributed by atoms with van der Waals surface area (Å²) < 4.78 is 77.4. The summed E-state index contributed by atoms with van der Waals surface area (Å²) in [6.07, 6.45) is -9.74. The molecular formula is C16H13F6N. The van der Waals surface area contributed by atoms with E-state index in [0.29, 0.717) is 5.56 Å². The molecule has 2 N–H and O–H groups in total. The van der Waals surface area contributed by atoms with Crippen LogP contribution in [0, 0.1) is 0 Å². The van der Waals surface area contributed by atoms with Crippen molar-refractivity contribution in [3.05, 3.63) is 70.8 Å². The average Bonchev–Trinajstić information content (AvgIpc) is 2.47. The van der Waals surface area contributed by atoms with Crippen molar-refractivity contribution in [1.29, 1.82) is 0 Å². The third kappa shape index (κ3) is 4.04. The Morgan fingerprint density at radius 2 is 1.22 bits per heavy atom. The highest BCUT2D eigenvalue weighted by atomic mass is 19.4. The molecule has 0 fully saturated rings. The summed E-state index contributed by atoms with van der Waals surface area (Å²) in [5, 5.41) is 0. The van der Waals surface area contributed by atoms with Gasteiger partial charge in [0, 0.05) is 12.5 Å². The van der Waals surface area contributed by atoms with Crippen LogP contribution in [-0.2, 0) is 12.4 Å². The molecule has 0 bridgehead atoms. The van der Waals surface area contributed by atoms with Crippen molar-refractivity contribution in [2.75, 3.05) is 6.54 Å². The molecule has 0 saturated carbocycles. The second-order valence-electron chi connectivity index (χ2n) is 5.04. The Morgan fingerprint density at radius 3 is 1.61 bits per heavy atom. The fraction of sp³-hybridized carbons (Fsp3) is 0.250. The third-order valence-electron chi connectivity index (χ3n) is 3.45. The van der Waals surface area contributed by atoms with E-state index >= 15 is 0 Å². The molecule has 2 aromatic carbocycles. The first-order chi connectivity index (χ1) is 10.6. The fourth-order valence-corrected chi connectivity index (χ4v) is 2.33. The standard InChI is InChI=1S/C16H13F6N/c17-15(18,19)12-6-11(7-13(8-12)16(20,21)22)14(9-23)10-4-2-1-3-5-10/h1-8,14H,9,23H2/t14-/m1/s1. The molecule has 0 spiro atoms. The Bertz CT molecular complexity index is 628. The fourth-order valence-electron chi connectivity index (χ4n) is 2.33. The molecule has 0 aromatic heterocycles. The van der Waals surface area contributed by atoms with Gasteiger partial charge in [0.25, 0.3) is 0 Å². The predicted molar refractivity (Wildman–Crippen MR) is 73.8 cm³/mol. The first kappa shape index (κ1) is 17.3. The number of halogens is 6. The summed E-state index contributed by atoms with van der Waals surface area (Å²) >= 11 is 0. The number of nitrogens with two attached hydrogens (primary N) is 1. The lowest BCUT2D eigenvalue weighted by molar-refractivity contribution is -0.143. The van der Waals surface area contributed by atoms with E-state index in [1.807, 2.05) is 0 Å². The lowest BCUT2D eigenvalue weighted by Crippen LogP contribution is -2.17. The Labute approximate surface area is 128 Å². The number of alkyl halides is 6. The average molecular weight is 333 g/mol. The van der Waals surface area contributed by atoms with Crippen LogP contribution >= 0.6 is 0 Å².